The molecule has 0 spiro atoms. The third-order valence-electron chi connectivity index (χ3n) is 2.39. The van der Waals surface area contributed by atoms with Crippen molar-refractivity contribution in [2.75, 3.05) is 19.7 Å². The number of nitrogens with one attached hydrogen (secondary N) is 1. The Bertz CT molecular complexity index is 471. The Labute approximate surface area is 117 Å². The Morgan fingerprint density at radius 1 is 1.53 bits per heavy atom. The molecule has 1 amide bonds. The number of carbonyl (C=O) groups is 1. The van der Waals surface area contributed by atoms with Crippen LogP contribution in [0.15, 0.2) is 18.2 Å². The van der Waals surface area contributed by atoms with E-state index in [4.69, 9.17) is 27.3 Å². The number of nitrogens with two attached hydrogens (primary N) is 1. The fourth-order valence-electron chi connectivity index (χ4n) is 1.51. The molecule has 102 valence electrons. The van der Waals surface area contributed by atoms with Gasteiger partial charge in [-0.3, -0.25) is 4.79 Å². The minimum Gasteiger partial charge on any atom is -0.483 e. The maximum Gasteiger partial charge on any atom is 0.257 e. The van der Waals surface area contributed by atoms with Crippen LogP contribution in [-0.4, -0.2) is 25.6 Å². The van der Waals surface area contributed by atoms with E-state index in [0.717, 1.165) is 5.56 Å². The first-order valence-corrected chi connectivity index (χ1v) is 6.30. The van der Waals surface area contributed by atoms with Gasteiger partial charge >= 0.3 is 0 Å². The first-order valence-electron chi connectivity index (χ1n) is 5.93. The SMILES string of the molecule is N#CCCNC(=O)COc1cccc(Cl)c1CCN. The lowest BCUT2D eigenvalue weighted by molar-refractivity contribution is -0.123. The molecule has 19 heavy (non-hydrogen) atoms. The van der Waals surface area contributed by atoms with Crippen molar-refractivity contribution in [3.8, 4) is 11.8 Å². The highest BCUT2D eigenvalue weighted by atomic mass is 35.5. The second kappa shape index (κ2) is 8.35. The number of hydrogen-bond donors (Lipinski definition) is 2. The summed E-state index contributed by atoms with van der Waals surface area (Å²) in [5, 5.41) is 11.5. The quantitative estimate of drug-likeness (QED) is 0.736. The molecule has 1 aromatic carbocycles. The number of halogens is 1. The van der Waals surface area contributed by atoms with Crippen LogP contribution in [-0.2, 0) is 11.2 Å². The first kappa shape index (κ1) is 15.3. The highest BCUT2D eigenvalue weighted by molar-refractivity contribution is 6.31. The number of ether oxygens (including phenoxy) is 1. The average molecular weight is 282 g/mol. The van der Waals surface area contributed by atoms with E-state index >= 15 is 0 Å². The predicted molar refractivity (Wildman–Crippen MR) is 72.9 cm³/mol. The van der Waals surface area contributed by atoms with Gasteiger partial charge in [0.05, 0.1) is 12.5 Å². The van der Waals surface area contributed by atoms with Crippen molar-refractivity contribution >= 4 is 17.5 Å². The molecule has 0 atom stereocenters. The Morgan fingerprint density at radius 2 is 2.32 bits per heavy atom. The summed E-state index contributed by atoms with van der Waals surface area (Å²) in [7, 11) is 0. The lowest BCUT2D eigenvalue weighted by Crippen LogP contribution is -2.29. The monoisotopic (exact) mass is 281 g/mol. The molecular weight excluding hydrogens is 266 g/mol. The largest absolute Gasteiger partial charge is 0.483 e. The van der Waals surface area contributed by atoms with E-state index in [1.54, 1.807) is 18.2 Å². The summed E-state index contributed by atoms with van der Waals surface area (Å²) in [6.45, 7) is 0.668. The van der Waals surface area contributed by atoms with Crippen LogP contribution in [0.2, 0.25) is 5.02 Å². The molecule has 1 aromatic rings. The molecule has 1 rings (SSSR count). The highest BCUT2D eigenvalue weighted by Gasteiger charge is 2.09. The van der Waals surface area contributed by atoms with E-state index in [1.807, 2.05) is 6.07 Å². The second-order valence-corrected chi connectivity index (χ2v) is 4.21. The summed E-state index contributed by atoms with van der Waals surface area (Å²) in [6.07, 6.45) is 0.867. The lowest BCUT2D eigenvalue weighted by atomic mass is 10.1. The molecule has 0 heterocycles. The van der Waals surface area contributed by atoms with Crippen molar-refractivity contribution in [1.82, 2.24) is 5.32 Å². The van der Waals surface area contributed by atoms with Gasteiger partial charge in [-0.05, 0) is 25.1 Å². The zero-order chi connectivity index (χ0) is 14.1. The maximum absolute atomic E-state index is 11.4. The van der Waals surface area contributed by atoms with Gasteiger partial charge < -0.3 is 15.8 Å². The third kappa shape index (κ3) is 5.16. The molecule has 0 aliphatic rings. The third-order valence-corrected chi connectivity index (χ3v) is 2.74. The fraction of sp³-hybridized carbons (Fsp3) is 0.385. The molecule has 5 nitrogen and oxygen atoms in total. The number of rotatable bonds is 7. The summed E-state index contributed by atoms with van der Waals surface area (Å²) in [4.78, 5) is 11.4. The van der Waals surface area contributed by atoms with Crippen LogP contribution in [0, 0.1) is 11.3 Å². The summed E-state index contributed by atoms with van der Waals surface area (Å²) in [6, 6.07) is 7.20. The van der Waals surface area contributed by atoms with Crippen LogP contribution in [0.4, 0.5) is 0 Å². The van der Waals surface area contributed by atoms with E-state index in [-0.39, 0.29) is 18.9 Å². The van der Waals surface area contributed by atoms with Gasteiger partial charge in [0.25, 0.3) is 5.91 Å². The molecular formula is C13H16ClN3O2. The van der Waals surface area contributed by atoms with Crippen LogP contribution < -0.4 is 15.8 Å². The summed E-state index contributed by atoms with van der Waals surface area (Å²) in [5.41, 5.74) is 6.31. The summed E-state index contributed by atoms with van der Waals surface area (Å²) in [5.74, 6) is 0.294. The minimum absolute atomic E-state index is 0.108. The van der Waals surface area contributed by atoms with Gasteiger partial charge in [0, 0.05) is 17.1 Å². The van der Waals surface area contributed by atoms with E-state index in [0.29, 0.717) is 30.3 Å². The van der Waals surface area contributed by atoms with Gasteiger partial charge in [-0.15, -0.1) is 0 Å². The van der Waals surface area contributed by atoms with Crippen molar-refractivity contribution in [2.45, 2.75) is 12.8 Å². The predicted octanol–water partition coefficient (Wildman–Crippen LogP) is 1.25. The van der Waals surface area contributed by atoms with Crippen molar-refractivity contribution in [1.29, 1.82) is 5.26 Å². The molecule has 0 aliphatic carbocycles. The summed E-state index contributed by atoms with van der Waals surface area (Å²) >= 11 is 6.05. The van der Waals surface area contributed by atoms with Crippen LogP contribution >= 0.6 is 11.6 Å². The second-order valence-electron chi connectivity index (χ2n) is 3.80. The molecule has 3 N–H and O–H groups in total. The number of carbonyl (C=O) groups excluding carboxylic acids is 1. The molecule has 0 saturated heterocycles. The standard InChI is InChI=1S/C13H16ClN3O2/c14-11-3-1-4-12(10(11)5-7-16)19-9-13(18)17-8-2-6-15/h1,3-4H,2,5,7-9,16H2,(H,17,18). The first-order chi connectivity index (χ1) is 9.19. The van der Waals surface area contributed by atoms with Gasteiger partial charge in [-0.25, -0.2) is 0 Å². The van der Waals surface area contributed by atoms with E-state index in [1.165, 1.54) is 0 Å². The van der Waals surface area contributed by atoms with Crippen molar-refractivity contribution in [3.05, 3.63) is 28.8 Å². The topological polar surface area (TPSA) is 88.1 Å². The number of nitriles is 1. The molecule has 6 heteroatoms. The molecule has 0 fully saturated rings. The van der Waals surface area contributed by atoms with Crippen molar-refractivity contribution in [2.24, 2.45) is 5.73 Å². The average Bonchev–Trinajstić information content (AvgIpc) is 2.40. The molecule has 0 saturated carbocycles. The number of nitrogens with zero attached hydrogens (tertiary/aromatic N) is 1. The normalized spacial score (nSPS) is 9.74. The Morgan fingerprint density at radius 3 is 3.00 bits per heavy atom. The van der Waals surface area contributed by atoms with E-state index < -0.39 is 0 Å². The molecule has 0 aromatic heterocycles. The maximum atomic E-state index is 11.4. The fourth-order valence-corrected chi connectivity index (χ4v) is 1.77. The zero-order valence-electron chi connectivity index (χ0n) is 10.5. The zero-order valence-corrected chi connectivity index (χ0v) is 11.2. The van der Waals surface area contributed by atoms with Gasteiger partial charge in [0.2, 0.25) is 0 Å². The Kier molecular flexibility index (Phi) is 6.72. The van der Waals surface area contributed by atoms with Crippen LogP contribution in [0.1, 0.15) is 12.0 Å². The van der Waals surface area contributed by atoms with Crippen LogP contribution in [0.25, 0.3) is 0 Å². The van der Waals surface area contributed by atoms with E-state index in [9.17, 15) is 4.79 Å². The van der Waals surface area contributed by atoms with Crippen LogP contribution in [0.3, 0.4) is 0 Å². The molecule has 0 bridgehead atoms. The molecule has 0 radical (unpaired) electrons. The Hall–Kier alpha value is -1.77. The Balaban J connectivity index is 2.55. The van der Waals surface area contributed by atoms with Gasteiger partial charge in [0.1, 0.15) is 5.75 Å². The van der Waals surface area contributed by atoms with Gasteiger partial charge in [-0.2, -0.15) is 5.26 Å². The summed E-state index contributed by atoms with van der Waals surface area (Å²) < 4.78 is 5.43. The van der Waals surface area contributed by atoms with Gasteiger partial charge in [-0.1, -0.05) is 17.7 Å². The molecule has 0 unspecified atom stereocenters. The van der Waals surface area contributed by atoms with Crippen molar-refractivity contribution < 1.29 is 9.53 Å². The highest BCUT2D eigenvalue weighted by Crippen LogP contribution is 2.26. The van der Waals surface area contributed by atoms with E-state index in [2.05, 4.69) is 5.32 Å². The number of benzene rings is 1. The number of amides is 1. The minimum atomic E-state index is -0.270. The van der Waals surface area contributed by atoms with Gasteiger partial charge in [0.15, 0.2) is 6.61 Å². The van der Waals surface area contributed by atoms with Crippen LogP contribution in [0.5, 0.6) is 5.75 Å². The molecule has 0 aliphatic heterocycles. The van der Waals surface area contributed by atoms with Crippen molar-refractivity contribution in [3.63, 3.8) is 0 Å². The lowest BCUT2D eigenvalue weighted by Gasteiger charge is -2.12. The number of hydrogen-bond acceptors (Lipinski definition) is 4. The smallest absolute Gasteiger partial charge is 0.257 e.